The number of alkyl halides is 3. The van der Waals surface area contributed by atoms with Crippen LogP contribution in [-0.2, 0) is 35.2 Å². The zero-order chi connectivity index (χ0) is 25.9. The summed E-state index contributed by atoms with van der Waals surface area (Å²) in [6, 6.07) is 12.2. The zero-order valence-corrected chi connectivity index (χ0v) is 19.5. The quantitative estimate of drug-likeness (QED) is 0.441. The molecule has 1 heterocycles. The van der Waals surface area contributed by atoms with Crippen molar-refractivity contribution in [3.05, 3.63) is 77.0 Å². The Balaban J connectivity index is 1.47. The van der Waals surface area contributed by atoms with Crippen molar-refractivity contribution in [3.8, 4) is 11.5 Å². The minimum Gasteiger partial charge on any atom is -0.457 e. The minimum atomic E-state index is -4.54. The largest absolute Gasteiger partial charge is 0.457 e. The normalized spacial score (nSPS) is 15.1. The Kier molecular flexibility index (Phi) is 7.25. The van der Waals surface area contributed by atoms with Crippen LogP contribution in [0.3, 0.4) is 0 Å². The molecule has 0 fully saturated rings. The van der Waals surface area contributed by atoms with E-state index in [1.54, 1.807) is 12.1 Å². The monoisotopic (exact) mass is 498 g/mol. The van der Waals surface area contributed by atoms with Crippen LogP contribution in [0.15, 0.2) is 54.7 Å². The number of benzene rings is 2. The predicted molar refractivity (Wildman–Crippen MR) is 129 cm³/mol. The average Bonchev–Trinajstić information content (AvgIpc) is 2.82. The zero-order valence-electron chi connectivity index (χ0n) is 19.5. The van der Waals surface area contributed by atoms with Gasteiger partial charge in [-0.15, -0.1) is 0 Å². The molecule has 0 aliphatic heterocycles. The van der Waals surface area contributed by atoms with E-state index in [0.29, 0.717) is 36.6 Å². The number of amides is 2. The smallest absolute Gasteiger partial charge is 0.416 e. The van der Waals surface area contributed by atoms with Crippen molar-refractivity contribution in [2.75, 3.05) is 10.6 Å². The van der Waals surface area contributed by atoms with Gasteiger partial charge >= 0.3 is 6.18 Å². The number of aromatic nitrogens is 1. The van der Waals surface area contributed by atoms with Gasteiger partial charge in [0.05, 0.1) is 5.56 Å². The third-order valence-electron chi connectivity index (χ3n) is 5.87. The van der Waals surface area contributed by atoms with E-state index >= 15 is 0 Å². The van der Waals surface area contributed by atoms with Crippen molar-refractivity contribution in [2.45, 2.75) is 38.9 Å². The van der Waals surface area contributed by atoms with Crippen LogP contribution in [0.2, 0.25) is 0 Å². The molecular formula is C26H25F3N4O3. The number of nitrogens with two attached hydrogens (primary N) is 1. The summed E-state index contributed by atoms with van der Waals surface area (Å²) in [6.45, 7) is 1.31. The molecule has 1 atom stereocenters. The molecular weight excluding hydrogens is 473 g/mol. The number of halogens is 3. The highest BCUT2D eigenvalue weighted by molar-refractivity contribution is 5.93. The summed E-state index contributed by atoms with van der Waals surface area (Å²) in [7, 11) is 0. The van der Waals surface area contributed by atoms with Gasteiger partial charge in [-0.25, -0.2) is 4.98 Å². The third-order valence-corrected chi connectivity index (χ3v) is 5.87. The summed E-state index contributed by atoms with van der Waals surface area (Å²) in [5.74, 6) is 0.405. The van der Waals surface area contributed by atoms with E-state index in [9.17, 15) is 22.8 Å². The van der Waals surface area contributed by atoms with Gasteiger partial charge < -0.3 is 21.1 Å². The second-order valence-corrected chi connectivity index (χ2v) is 8.64. The van der Waals surface area contributed by atoms with Gasteiger partial charge in [0.15, 0.2) is 0 Å². The molecule has 0 spiro atoms. The number of anilines is 2. The maximum absolute atomic E-state index is 13.2. The molecule has 3 aromatic rings. The van der Waals surface area contributed by atoms with Crippen LogP contribution in [0.25, 0.3) is 0 Å². The highest BCUT2D eigenvalue weighted by atomic mass is 19.4. The van der Waals surface area contributed by atoms with E-state index in [1.165, 1.54) is 19.2 Å². The number of nitrogens with one attached hydrogen (secondary N) is 2. The Morgan fingerprint density at radius 1 is 1.06 bits per heavy atom. The van der Waals surface area contributed by atoms with Gasteiger partial charge in [0.2, 0.25) is 11.8 Å². The summed E-state index contributed by atoms with van der Waals surface area (Å²) in [6.07, 6.45) is -1.36. The lowest BCUT2D eigenvalue weighted by molar-refractivity contribution is -0.137. The van der Waals surface area contributed by atoms with Gasteiger partial charge in [0, 0.05) is 37.3 Å². The first kappa shape index (κ1) is 25.2. The molecule has 10 heteroatoms. The first-order valence-corrected chi connectivity index (χ1v) is 11.4. The van der Waals surface area contributed by atoms with E-state index in [1.807, 2.05) is 18.2 Å². The topological polar surface area (TPSA) is 106 Å². The van der Waals surface area contributed by atoms with Gasteiger partial charge in [-0.2, -0.15) is 13.2 Å². The molecule has 188 valence electrons. The van der Waals surface area contributed by atoms with Gasteiger partial charge in [-0.1, -0.05) is 6.07 Å². The first-order valence-electron chi connectivity index (χ1n) is 11.4. The molecule has 4 rings (SSSR count). The van der Waals surface area contributed by atoms with Crippen LogP contribution in [0.1, 0.15) is 35.6 Å². The van der Waals surface area contributed by atoms with Gasteiger partial charge in [-0.3, -0.25) is 9.59 Å². The van der Waals surface area contributed by atoms with Crippen molar-refractivity contribution in [3.63, 3.8) is 0 Å². The number of hydrogen-bond acceptors (Lipinski definition) is 5. The fraction of sp³-hybridized carbons (Fsp3) is 0.269. The molecule has 4 N–H and O–H groups in total. The highest BCUT2D eigenvalue weighted by Crippen LogP contribution is 2.34. The minimum absolute atomic E-state index is 0.0733. The molecule has 2 aromatic carbocycles. The van der Waals surface area contributed by atoms with Crippen molar-refractivity contribution in [1.29, 1.82) is 0 Å². The van der Waals surface area contributed by atoms with E-state index in [2.05, 4.69) is 15.6 Å². The molecule has 1 unspecified atom stereocenters. The lowest BCUT2D eigenvalue weighted by Gasteiger charge is -2.25. The molecule has 2 amide bonds. The summed E-state index contributed by atoms with van der Waals surface area (Å²) in [5, 5.41) is 5.23. The van der Waals surface area contributed by atoms with Crippen LogP contribution in [-0.4, -0.2) is 16.8 Å². The molecule has 1 aliphatic carbocycles. The molecule has 36 heavy (non-hydrogen) atoms. The highest BCUT2D eigenvalue weighted by Gasteiger charge is 2.32. The summed E-state index contributed by atoms with van der Waals surface area (Å²) in [4.78, 5) is 28.3. The van der Waals surface area contributed by atoms with E-state index in [4.69, 9.17) is 10.5 Å². The second-order valence-electron chi connectivity index (χ2n) is 8.64. The van der Waals surface area contributed by atoms with Crippen molar-refractivity contribution < 1.29 is 27.5 Å². The lowest BCUT2D eigenvalue weighted by atomic mass is 9.83. The van der Waals surface area contributed by atoms with Gasteiger partial charge in [0.1, 0.15) is 17.3 Å². The molecule has 1 aliphatic rings. The van der Waals surface area contributed by atoms with Crippen LogP contribution in [0.5, 0.6) is 11.5 Å². The van der Waals surface area contributed by atoms with Crippen LogP contribution >= 0.6 is 0 Å². The molecule has 1 aromatic heterocycles. The molecule has 0 radical (unpaired) electrons. The standard InChI is InChI=1S/C26H25F3N4O3/c1-15(34)32-24-13-23(6-7-31-24)36-22-5-4-17-2-3-18(10-19(17)11-22)25(35)33-21-9-16(14-30)8-20(12-21)26(27,28)29/h4-9,11-13,18H,2-3,10,14,30H2,1H3,(H,33,35)(H,31,32,34). The Morgan fingerprint density at radius 2 is 1.83 bits per heavy atom. The maximum Gasteiger partial charge on any atom is 0.416 e. The Labute approximate surface area is 205 Å². The number of carbonyl (C=O) groups is 2. The fourth-order valence-electron chi connectivity index (χ4n) is 4.17. The van der Waals surface area contributed by atoms with Crippen LogP contribution in [0.4, 0.5) is 24.7 Å². The maximum atomic E-state index is 13.2. The molecule has 0 saturated carbocycles. The van der Waals surface area contributed by atoms with E-state index in [-0.39, 0.29) is 29.6 Å². The summed E-state index contributed by atoms with van der Waals surface area (Å²) < 4.78 is 45.6. The SMILES string of the molecule is CC(=O)Nc1cc(Oc2ccc3c(c2)CC(C(=O)Nc2cc(CN)cc(C(F)(F)F)c2)CC3)ccn1. The number of nitrogens with zero attached hydrogens (tertiary/aromatic N) is 1. The van der Waals surface area contributed by atoms with Crippen molar-refractivity contribution >= 4 is 23.3 Å². The second kappa shape index (κ2) is 10.4. The number of ether oxygens (including phenoxy) is 1. The molecule has 0 saturated heterocycles. The lowest BCUT2D eigenvalue weighted by Crippen LogP contribution is -2.28. The molecule has 7 nitrogen and oxygen atoms in total. The van der Waals surface area contributed by atoms with E-state index in [0.717, 1.165) is 23.3 Å². The van der Waals surface area contributed by atoms with Crippen molar-refractivity contribution in [2.24, 2.45) is 11.7 Å². The number of carbonyl (C=O) groups excluding carboxylic acids is 2. The van der Waals surface area contributed by atoms with E-state index < -0.39 is 17.7 Å². The van der Waals surface area contributed by atoms with Crippen LogP contribution in [0, 0.1) is 5.92 Å². The predicted octanol–water partition coefficient (Wildman–Crippen LogP) is 5.05. The summed E-state index contributed by atoms with van der Waals surface area (Å²) >= 11 is 0. The van der Waals surface area contributed by atoms with Crippen LogP contribution < -0.4 is 21.1 Å². The number of pyridine rings is 1. The number of rotatable bonds is 6. The first-order chi connectivity index (χ1) is 17.1. The number of hydrogen-bond donors (Lipinski definition) is 3. The van der Waals surface area contributed by atoms with Crippen molar-refractivity contribution in [1.82, 2.24) is 4.98 Å². The Hall–Kier alpha value is -3.92. The summed E-state index contributed by atoms with van der Waals surface area (Å²) in [5.41, 5.74) is 7.07. The number of aryl methyl sites for hydroxylation is 1. The third kappa shape index (κ3) is 6.19. The van der Waals surface area contributed by atoms with Gasteiger partial charge in [-0.05, 0) is 72.4 Å². The Morgan fingerprint density at radius 3 is 2.56 bits per heavy atom. The Bertz CT molecular complexity index is 1290. The molecule has 0 bridgehead atoms. The van der Waals surface area contributed by atoms with Gasteiger partial charge in [0.25, 0.3) is 0 Å². The number of fused-ring (bicyclic) bond motifs is 1. The fourth-order valence-corrected chi connectivity index (χ4v) is 4.17. The average molecular weight is 499 g/mol.